The van der Waals surface area contributed by atoms with Gasteiger partial charge >= 0.3 is 6.09 Å². The second-order valence-corrected chi connectivity index (χ2v) is 14.2. The van der Waals surface area contributed by atoms with Crippen molar-refractivity contribution in [3.05, 3.63) is 45.2 Å². The molecule has 3 heterocycles. The average Bonchev–Trinajstić information content (AvgIpc) is 3.04. The third-order valence-electron chi connectivity index (χ3n) is 9.96. The number of piperazine rings is 1. The number of benzene rings is 1. The zero-order valence-electron chi connectivity index (χ0n) is 30.4. The van der Waals surface area contributed by atoms with E-state index in [-0.39, 0.29) is 48.5 Å². The fourth-order valence-electron chi connectivity index (χ4n) is 7.95. The first-order valence-electron chi connectivity index (χ1n) is 16.7. The summed E-state index contributed by atoms with van der Waals surface area (Å²) in [5, 5.41) is 16.2. The van der Waals surface area contributed by atoms with Crippen LogP contribution in [0.15, 0.2) is 28.5 Å². The standard InChI is InChI=1S/C36H47N5O9/c1-17-11-20-12-22-24(14-37)41-23(28(40(22)7)26(20)33(31(17)47-9)49-16-46-8)13-21-27(30(43)32(48-10)18(2)29(21)42)25(41)15-38-34(44)19(3)39-35(45)50-36(4,5)6/h11,19,22-25,28H,12-13,15-16H2,1-10H3,(H,38,44)(H,39,45)/t19-,22-,23?,24-,25-,28-/m0/s1. The largest absolute Gasteiger partial charge is 0.493 e. The zero-order valence-corrected chi connectivity index (χ0v) is 30.4. The number of likely N-dealkylation sites (N-methyl/N-ethyl adjacent to an activating group) is 1. The summed E-state index contributed by atoms with van der Waals surface area (Å²) in [6.45, 7) is 10.0. The Kier molecular flexibility index (Phi) is 10.3. The molecule has 50 heavy (non-hydrogen) atoms. The van der Waals surface area contributed by atoms with Crippen molar-refractivity contribution in [1.29, 1.82) is 5.26 Å². The Bertz CT molecular complexity index is 1700. The van der Waals surface area contributed by atoms with Crippen LogP contribution in [0, 0.1) is 18.3 Å². The summed E-state index contributed by atoms with van der Waals surface area (Å²) < 4.78 is 28.1. The van der Waals surface area contributed by atoms with Gasteiger partial charge in [-0.05, 0) is 72.6 Å². The first kappa shape index (κ1) is 36.8. The molecule has 4 aliphatic rings. The van der Waals surface area contributed by atoms with Gasteiger partial charge in [0.05, 0.1) is 32.4 Å². The molecule has 1 aromatic carbocycles. The van der Waals surface area contributed by atoms with Crippen molar-refractivity contribution in [2.45, 2.75) is 96.2 Å². The van der Waals surface area contributed by atoms with Gasteiger partial charge in [0.2, 0.25) is 11.7 Å². The van der Waals surface area contributed by atoms with Crippen LogP contribution < -0.4 is 20.1 Å². The van der Waals surface area contributed by atoms with Gasteiger partial charge in [0, 0.05) is 48.0 Å². The first-order valence-corrected chi connectivity index (χ1v) is 16.7. The molecule has 1 fully saturated rings. The predicted molar refractivity (Wildman–Crippen MR) is 180 cm³/mol. The number of carbonyl (C=O) groups is 4. The second-order valence-electron chi connectivity index (χ2n) is 14.2. The number of amides is 2. The highest BCUT2D eigenvalue weighted by Crippen LogP contribution is 2.54. The van der Waals surface area contributed by atoms with E-state index < -0.39 is 53.6 Å². The molecule has 0 radical (unpaired) electrons. The number of methoxy groups -OCH3 is 3. The molecule has 0 spiro atoms. The van der Waals surface area contributed by atoms with Crippen LogP contribution in [0.3, 0.4) is 0 Å². The number of alkyl carbamates (subject to hydrolysis) is 1. The molecule has 3 aliphatic heterocycles. The molecular weight excluding hydrogens is 646 g/mol. The van der Waals surface area contributed by atoms with Crippen molar-refractivity contribution in [3.63, 3.8) is 0 Å². The Morgan fingerprint density at radius 3 is 2.36 bits per heavy atom. The van der Waals surface area contributed by atoms with Gasteiger partial charge in [0.15, 0.2) is 29.8 Å². The van der Waals surface area contributed by atoms with Crippen LogP contribution in [0.2, 0.25) is 0 Å². The normalized spacial score (nSPS) is 25.5. The van der Waals surface area contributed by atoms with Crippen molar-refractivity contribution in [1.82, 2.24) is 20.4 Å². The Morgan fingerprint density at radius 1 is 1.06 bits per heavy atom. The number of allylic oxidation sites excluding steroid dienone is 2. The molecule has 14 nitrogen and oxygen atoms in total. The van der Waals surface area contributed by atoms with Crippen molar-refractivity contribution < 1.29 is 42.9 Å². The number of hydrogen-bond donors (Lipinski definition) is 2. The van der Waals surface area contributed by atoms with E-state index in [2.05, 4.69) is 27.7 Å². The number of nitrogens with zero attached hydrogens (tertiary/aromatic N) is 3. The second kappa shape index (κ2) is 14.0. The summed E-state index contributed by atoms with van der Waals surface area (Å²) >= 11 is 0. The predicted octanol–water partition coefficient (Wildman–Crippen LogP) is 2.63. The van der Waals surface area contributed by atoms with Gasteiger partial charge in [0.1, 0.15) is 17.7 Å². The quantitative estimate of drug-likeness (QED) is 0.287. The third-order valence-corrected chi connectivity index (χ3v) is 9.96. The van der Waals surface area contributed by atoms with Crippen LogP contribution in [0.1, 0.15) is 63.8 Å². The van der Waals surface area contributed by atoms with Crippen LogP contribution >= 0.6 is 0 Å². The molecule has 1 unspecified atom stereocenters. The maximum atomic E-state index is 14.1. The summed E-state index contributed by atoms with van der Waals surface area (Å²) in [5.41, 5.74) is 2.68. The molecule has 5 rings (SSSR count). The molecule has 0 saturated carbocycles. The van der Waals surface area contributed by atoms with Gasteiger partial charge in [0.25, 0.3) is 0 Å². The number of carbonyl (C=O) groups excluding carboxylic acids is 4. The maximum absolute atomic E-state index is 14.1. The van der Waals surface area contributed by atoms with E-state index in [0.717, 1.165) is 16.7 Å². The van der Waals surface area contributed by atoms with Crippen molar-refractivity contribution >= 4 is 23.6 Å². The lowest BCUT2D eigenvalue weighted by Crippen LogP contribution is -2.71. The van der Waals surface area contributed by atoms with Gasteiger partial charge in [-0.1, -0.05) is 6.07 Å². The molecule has 6 atom stereocenters. The lowest BCUT2D eigenvalue weighted by molar-refractivity contribution is -0.125. The minimum Gasteiger partial charge on any atom is -0.493 e. The van der Waals surface area contributed by atoms with Crippen LogP contribution in [-0.2, 0) is 35.0 Å². The summed E-state index contributed by atoms with van der Waals surface area (Å²) in [7, 11) is 6.41. The highest BCUT2D eigenvalue weighted by molar-refractivity contribution is 6.25. The van der Waals surface area contributed by atoms with E-state index >= 15 is 0 Å². The fraction of sp³-hybridized carbons (Fsp3) is 0.583. The van der Waals surface area contributed by atoms with Gasteiger partial charge < -0.3 is 34.3 Å². The number of Topliss-reactive ketones (excluding diaryl/α,β-unsaturated/α-hetero) is 2. The molecule has 2 bridgehead atoms. The molecular formula is C36H47N5O9. The Balaban J connectivity index is 1.62. The average molecular weight is 694 g/mol. The highest BCUT2D eigenvalue weighted by Gasteiger charge is 2.58. The number of ketones is 2. The third kappa shape index (κ3) is 6.34. The van der Waals surface area contributed by atoms with Gasteiger partial charge in [-0.3, -0.25) is 24.2 Å². The number of ether oxygens (including phenoxy) is 5. The van der Waals surface area contributed by atoms with Crippen LogP contribution in [0.25, 0.3) is 0 Å². The van der Waals surface area contributed by atoms with Gasteiger partial charge in [-0.25, -0.2) is 4.79 Å². The number of rotatable bonds is 9. The minimum atomic E-state index is -0.986. The van der Waals surface area contributed by atoms with Crippen LogP contribution in [0.5, 0.6) is 11.5 Å². The fourth-order valence-corrected chi connectivity index (χ4v) is 7.95. The summed E-state index contributed by atoms with van der Waals surface area (Å²) in [6, 6.07) is 0.775. The number of fused-ring (bicyclic) bond motifs is 6. The van der Waals surface area contributed by atoms with E-state index in [4.69, 9.17) is 23.7 Å². The van der Waals surface area contributed by atoms with Crippen LogP contribution in [0.4, 0.5) is 4.79 Å². The molecule has 1 aromatic rings. The topological polar surface area (TPSA) is 169 Å². The molecule has 0 aromatic heterocycles. The molecule has 14 heteroatoms. The van der Waals surface area contributed by atoms with E-state index in [0.29, 0.717) is 23.5 Å². The lowest BCUT2D eigenvalue weighted by Gasteiger charge is -2.60. The van der Waals surface area contributed by atoms with Gasteiger partial charge in [-0.2, -0.15) is 5.26 Å². The number of nitrogens with one attached hydrogen (secondary N) is 2. The molecule has 1 saturated heterocycles. The first-order chi connectivity index (χ1) is 23.6. The van der Waals surface area contributed by atoms with Crippen molar-refractivity contribution in [2.24, 2.45) is 0 Å². The van der Waals surface area contributed by atoms with Crippen LogP contribution in [-0.4, -0.2) is 111 Å². The summed E-state index contributed by atoms with van der Waals surface area (Å²) in [6.07, 6.45) is -0.0997. The molecule has 2 amide bonds. The maximum Gasteiger partial charge on any atom is 0.408 e. The smallest absolute Gasteiger partial charge is 0.408 e. The number of hydrogen-bond acceptors (Lipinski definition) is 12. The Hall–Kier alpha value is -4.45. The molecule has 2 N–H and O–H groups in total. The van der Waals surface area contributed by atoms with Crippen molar-refractivity contribution in [3.8, 4) is 17.6 Å². The van der Waals surface area contributed by atoms with Crippen molar-refractivity contribution in [2.75, 3.05) is 41.7 Å². The lowest BCUT2D eigenvalue weighted by atomic mass is 9.69. The van der Waals surface area contributed by atoms with Gasteiger partial charge in [-0.15, -0.1) is 0 Å². The summed E-state index contributed by atoms with van der Waals surface area (Å²) in [5.74, 6) is -0.298. The number of aryl methyl sites for hydroxylation is 1. The molecule has 1 aliphatic carbocycles. The zero-order chi connectivity index (χ0) is 36.8. The highest BCUT2D eigenvalue weighted by atomic mass is 16.7. The molecule has 270 valence electrons. The Labute approximate surface area is 292 Å². The Morgan fingerprint density at radius 2 is 1.76 bits per heavy atom. The minimum absolute atomic E-state index is 0.0302. The SMILES string of the molecule is COCOc1c(OC)c(C)cc2c1[C@@H]1C3CC4=C(C(=O)C(OC)=C(C)C4=O)[C@H](CNC(=O)[C@H](C)NC(=O)OC(C)(C)C)N3[C@@H](C#N)[C@H](C2)N1C. The van der Waals surface area contributed by atoms with E-state index in [1.165, 1.54) is 21.1 Å². The monoisotopic (exact) mass is 693 g/mol. The van der Waals surface area contributed by atoms with E-state index in [1.54, 1.807) is 34.8 Å². The van der Waals surface area contributed by atoms with E-state index in [1.807, 2.05) is 18.9 Å². The number of nitriles is 1. The van der Waals surface area contributed by atoms with E-state index in [9.17, 15) is 24.4 Å². The summed E-state index contributed by atoms with van der Waals surface area (Å²) in [4.78, 5) is 58.1.